The highest BCUT2D eigenvalue weighted by atomic mass is 19.1. The number of hydrogen-bond donors (Lipinski definition) is 2. The Bertz CT molecular complexity index is 247. The molecule has 0 rings (SSSR count). The third kappa shape index (κ3) is 5.23. The summed E-state index contributed by atoms with van der Waals surface area (Å²) in [5.74, 6) is -1.04. The monoisotopic (exact) mass is 234 g/mol. The lowest BCUT2D eigenvalue weighted by Crippen LogP contribution is -2.43. The molecule has 0 heterocycles. The van der Waals surface area contributed by atoms with Crippen LogP contribution in [0.2, 0.25) is 0 Å². The highest BCUT2D eigenvalue weighted by Crippen LogP contribution is 2.14. The number of aliphatic hydroxyl groups is 2. The van der Waals surface area contributed by atoms with Gasteiger partial charge in [-0.25, -0.2) is 9.18 Å². The molecule has 94 valence electrons. The van der Waals surface area contributed by atoms with Crippen LogP contribution in [0.3, 0.4) is 0 Å². The Balaban J connectivity index is 4.37. The molecule has 0 bridgehead atoms. The number of esters is 1. The molecule has 0 fully saturated rings. The lowest BCUT2D eigenvalue weighted by Gasteiger charge is -2.24. The van der Waals surface area contributed by atoms with Gasteiger partial charge >= 0.3 is 5.97 Å². The first-order valence-electron chi connectivity index (χ1n) is 5.03. The van der Waals surface area contributed by atoms with Gasteiger partial charge in [0.05, 0.1) is 0 Å². The summed E-state index contributed by atoms with van der Waals surface area (Å²) >= 11 is 0. The van der Waals surface area contributed by atoms with E-state index in [2.05, 4.69) is 6.58 Å². The third-order valence-corrected chi connectivity index (χ3v) is 1.73. The maximum absolute atomic E-state index is 13.2. The third-order valence-electron chi connectivity index (χ3n) is 1.73. The van der Waals surface area contributed by atoms with E-state index in [0.717, 1.165) is 0 Å². The molecule has 3 atom stereocenters. The van der Waals surface area contributed by atoms with Gasteiger partial charge < -0.3 is 14.9 Å². The van der Waals surface area contributed by atoms with Crippen molar-refractivity contribution in [2.24, 2.45) is 0 Å². The van der Waals surface area contributed by atoms with Crippen molar-refractivity contribution in [3.05, 3.63) is 12.7 Å². The van der Waals surface area contributed by atoms with Crippen molar-refractivity contribution in [2.75, 3.05) is 0 Å². The van der Waals surface area contributed by atoms with E-state index in [1.54, 1.807) is 20.8 Å². The van der Waals surface area contributed by atoms with Gasteiger partial charge in [-0.2, -0.15) is 0 Å². The van der Waals surface area contributed by atoms with Crippen molar-refractivity contribution in [3.8, 4) is 0 Å². The van der Waals surface area contributed by atoms with Crippen molar-refractivity contribution >= 4 is 5.97 Å². The Morgan fingerprint density at radius 3 is 2.38 bits per heavy atom. The van der Waals surface area contributed by atoms with E-state index in [4.69, 9.17) is 4.74 Å². The van der Waals surface area contributed by atoms with Gasteiger partial charge in [-0.15, -0.1) is 6.58 Å². The normalized spacial score (nSPS) is 17.4. The fraction of sp³-hybridized carbons (Fsp3) is 0.727. The molecule has 0 amide bonds. The molecule has 0 aromatic heterocycles. The summed E-state index contributed by atoms with van der Waals surface area (Å²) < 4.78 is 18.0. The Morgan fingerprint density at radius 2 is 2.00 bits per heavy atom. The summed E-state index contributed by atoms with van der Waals surface area (Å²) in [6, 6.07) is 0. The molecule has 0 saturated carbocycles. The number of allylic oxidation sites excluding steroid dienone is 1. The summed E-state index contributed by atoms with van der Waals surface area (Å²) in [7, 11) is 0. The van der Waals surface area contributed by atoms with Crippen LogP contribution in [0.1, 0.15) is 27.2 Å². The maximum atomic E-state index is 13.2. The molecule has 4 nitrogen and oxygen atoms in total. The zero-order valence-electron chi connectivity index (χ0n) is 9.81. The zero-order chi connectivity index (χ0) is 12.9. The molecule has 0 aliphatic rings. The second kappa shape index (κ2) is 5.96. The summed E-state index contributed by atoms with van der Waals surface area (Å²) in [4.78, 5) is 11.3. The molecule has 3 unspecified atom stereocenters. The van der Waals surface area contributed by atoms with Gasteiger partial charge in [0.15, 0.2) is 6.10 Å². The van der Waals surface area contributed by atoms with E-state index < -0.39 is 29.9 Å². The highest BCUT2D eigenvalue weighted by molar-refractivity contribution is 5.75. The van der Waals surface area contributed by atoms with Gasteiger partial charge in [0.1, 0.15) is 17.9 Å². The van der Waals surface area contributed by atoms with Crippen LogP contribution in [0.25, 0.3) is 0 Å². The number of alkyl halides is 1. The van der Waals surface area contributed by atoms with Crippen LogP contribution in [0.5, 0.6) is 0 Å². The Morgan fingerprint density at radius 1 is 1.50 bits per heavy atom. The van der Waals surface area contributed by atoms with Crippen molar-refractivity contribution in [1.29, 1.82) is 0 Å². The molecule has 0 aliphatic carbocycles. The number of hydrogen-bond acceptors (Lipinski definition) is 4. The standard InChI is InChI=1S/C11H19FO4/c1-5-6-7(12)8(13)9(14)10(15)16-11(2,3)4/h5,7-9,13-14H,1,6H2,2-4H3. The lowest BCUT2D eigenvalue weighted by atomic mass is 10.1. The lowest BCUT2D eigenvalue weighted by molar-refractivity contribution is -0.173. The first-order valence-corrected chi connectivity index (χ1v) is 5.03. The molecule has 0 aromatic rings. The van der Waals surface area contributed by atoms with Crippen molar-refractivity contribution in [2.45, 2.75) is 51.2 Å². The van der Waals surface area contributed by atoms with Gasteiger partial charge in [0.2, 0.25) is 0 Å². The quantitative estimate of drug-likeness (QED) is 0.549. The zero-order valence-corrected chi connectivity index (χ0v) is 9.81. The molecule has 2 N–H and O–H groups in total. The maximum Gasteiger partial charge on any atom is 0.338 e. The van der Waals surface area contributed by atoms with Crippen LogP contribution in [-0.2, 0) is 9.53 Å². The summed E-state index contributed by atoms with van der Waals surface area (Å²) in [5.41, 5.74) is -0.790. The molecule has 0 aliphatic heterocycles. The predicted molar refractivity (Wildman–Crippen MR) is 57.6 cm³/mol. The predicted octanol–water partition coefficient (Wildman–Crippen LogP) is 0.964. The smallest absolute Gasteiger partial charge is 0.338 e. The molecular weight excluding hydrogens is 215 g/mol. The van der Waals surface area contributed by atoms with E-state index in [1.807, 2.05) is 0 Å². The largest absolute Gasteiger partial charge is 0.458 e. The Labute approximate surface area is 94.7 Å². The van der Waals surface area contributed by atoms with Crippen LogP contribution >= 0.6 is 0 Å². The minimum Gasteiger partial charge on any atom is -0.458 e. The fourth-order valence-corrected chi connectivity index (χ4v) is 0.998. The highest BCUT2D eigenvalue weighted by Gasteiger charge is 2.33. The second-order valence-electron chi connectivity index (χ2n) is 4.51. The van der Waals surface area contributed by atoms with Crippen LogP contribution in [0, 0.1) is 0 Å². The van der Waals surface area contributed by atoms with E-state index in [1.165, 1.54) is 6.08 Å². The molecule has 5 heteroatoms. The van der Waals surface area contributed by atoms with Crippen molar-refractivity contribution in [1.82, 2.24) is 0 Å². The van der Waals surface area contributed by atoms with Crippen LogP contribution < -0.4 is 0 Å². The number of carbonyl (C=O) groups excluding carboxylic acids is 1. The van der Waals surface area contributed by atoms with Crippen molar-refractivity contribution in [3.63, 3.8) is 0 Å². The minimum absolute atomic E-state index is 0.138. The van der Waals surface area contributed by atoms with E-state index in [-0.39, 0.29) is 6.42 Å². The number of rotatable bonds is 5. The SMILES string of the molecule is C=CCC(F)C(O)C(O)C(=O)OC(C)(C)C. The van der Waals surface area contributed by atoms with Crippen molar-refractivity contribution < 1.29 is 24.1 Å². The van der Waals surface area contributed by atoms with Gasteiger partial charge in [-0.3, -0.25) is 0 Å². The fourth-order valence-electron chi connectivity index (χ4n) is 0.998. The summed E-state index contributed by atoms with van der Waals surface area (Å²) in [6.45, 7) is 8.13. The van der Waals surface area contributed by atoms with E-state index >= 15 is 0 Å². The number of ether oxygens (including phenoxy) is 1. The first kappa shape index (κ1) is 15.1. The molecule has 0 saturated heterocycles. The van der Waals surface area contributed by atoms with E-state index in [0.29, 0.717) is 0 Å². The number of aliphatic hydroxyl groups excluding tert-OH is 2. The number of carbonyl (C=O) groups is 1. The van der Waals surface area contributed by atoms with Crippen LogP contribution in [0.15, 0.2) is 12.7 Å². The van der Waals surface area contributed by atoms with Gasteiger partial charge in [0.25, 0.3) is 0 Å². The van der Waals surface area contributed by atoms with Gasteiger partial charge in [-0.1, -0.05) is 6.08 Å². The molecule has 0 aromatic carbocycles. The van der Waals surface area contributed by atoms with Gasteiger partial charge in [0, 0.05) is 0 Å². The summed E-state index contributed by atoms with van der Waals surface area (Å²) in [6.07, 6.45) is -4.29. The second-order valence-corrected chi connectivity index (χ2v) is 4.51. The Hall–Kier alpha value is -0.940. The molecular formula is C11H19FO4. The number of halogens is 1. The molecule has 0 spiro atoms. The van der Waals surface area contributed by atoms with E-state index in [9.17, 15) is 19.4 Å². The van der Waals surface area contributed by atoms with Gasteiger partial charge in [-0.05, 0) is 27.2 Å². The average Bonchev–Trinajstić information content (AvgIpc) is 2.13. The minimum atomic E-state index is -1.88. The molecule has 16 heavy (non-hydrogen) atoms. The average molecular weight is 234 g/mol. The topological polar surface area (TPSA) is 66.8 Å². The molecule has 0 radical (unpaired) electrons. The summed E-state index contributed by atoms with van der Waals surface area (Å²) in [5, 5.41) is 18.7. The first-order chi connectivity index (χ1) is 7.19. The Kier molecular flexibility index (Phi) is 5.61. The van der Waals surface area contributed by atoms with Crippen LogP contribution in [-0.4, -0.2) is 40.2 Å². The van der Waals surface area contributed by atoms with Crippen LogP contribution in [0.4, 0.5) is 4.39 Å².